The van der Waals surface area contributed by atoms with Crippen molar-refractivity contribution in [3.05, 3.63) is 36.5 Å². The number of hydrogen-bond donors (Lipinski definition) is 3. The van der Waals surface area contributed by atoms with Gasteiger partial charge in [0.05, 0.1) is 25.4 Å². The molecule has 0 aliphatic rings. The highest BCUT2D eigenvalue weighted by Gasteiger charge is 2.20. The average molecular weight is 901 g/mol. The molecule has 3 N–H and O–H groups in total. The minimum absolute atomic E-state index is 0.0162. The van der Waals surface area contributed by atoms with Crippen LogP contribution in [0.4, 0.5) is 0 Å². The van der Waals surface area contributed by atoms with E-state index in [9.17, 15) is 19.8 Å². The van der Waals surface area contributed by atoms with Crippen molar-refractivity contribution in [1.82, 2.24) is 5.32 Å². The Morgan fingerprint density at radius 1 is 0.438 bits per heavy atom. The number of aliphatic hydroxyl groups is 2. The van der Waals surface area contributed by atoms with E-state index in [1.807, 2.05) is 0 Å². The van der Waals surface area contributed by atoms with Gasteiger partial charge in [0.1, 0.15) is 0 Å². The van der Waals surface area contributed by atoms with E-state index in [4.69, 9.17) is 4.74 Å². The molecule has 64 heavy (non-hydrogen) atoms. The Morgan fingerprint density at radius 3 is 1.20 bits per heavy atom. The molecule has 6 nitrogen and oxygen atoms in total. The van der Waals surface area contributed by atoms with E-state index in [0.29, 0.717) is 25.9 Å². The number of carbonyl (C=O) groups is 2. The number of allylic oxidation sites excluding steroid dienone is 6. The van der Waals surface area contributed by atoms with Gasteiger partial charge in [-0.2, -0.15) is 0 Å². The van der Waals surface area contributed by atoms with Crippen molar-refractivity contribution >= 4 is 11.9 Å². The monoisotopic (exact) mass is 900 g/mol. The number of carbonyl (C=O) groups excluding carboxylic acids is 2. The van der Waals surface area contributed by atoms with Gasteiger partial charge in [-0.25, -0.2) is 0 Å². The summed E-state index contributed by atoms with van der Waals surface area (Å²) in [4.78, 5) is 24.5. The Bertz CT molecular complexity index is 1040. The van der Waals surface area contributed by atoms with E-state index in [1.165, 1.54) is 180 Å². The van der Waals surface area contributed by atoms with Crippen molar-refractivity contribution in [2.75, 3.05) is 13.2 Å². The average Bonchev–Trinajstić information content (AvgIpc) is 3.29. The van der Waals surface area contributed by atoms with Crippen LogP contribution in [-0.4, -0.2) is 47.4 Å². The molecule has 0 aromatic heterocycles. The summed E-state index contributed by atoms with van der Waals surface area (Å²) < 4.78 is 5.46. The molecule has 0 spiro atoms. The van der Waals surface area contributed by atoms with Crippen molar-refractivity contribution in [3.63, 3.8) is 0 Å². The molecule has 0 aliphatic carbocycles. The fourth-order valence-corrected chi connectivity index (χ4v) is 8.55. The largest absolute Gasteiger partial charge is 0.466 e. The number of esters is 1. The van der Waals surface area contributed by atoms with E-state index < -0.39 is 12.1 Å². The van der Waals surface area contributed by atoms with Crippen molar-refractivity contribution in [1.29, 1.82) is 0 Å². The normalized spacial score (nSPS) is 12.9. The van der Waals surface area contributed by atoms with Crippen LogP contribution in [0.2, 0.25) is 0 Å². The van der Waals surface area contributed by atoms with Gasteiger partial charge >= 0.3 is 5.97 Å². The molecular formula is C58H109NO5. The van der Waals surface area contributed by atoms with Crippen LogP contribution in [0.1, 0.15) is 296 Å². The number of ether oxygens (including phenoxy) is 1. The zero-order valence-corrected chi connectivity index (χ0v) is 42.8. The summed E-state index contributed by atoms with van der Waals surface area (Å²) >= 11 is 0. The molecule has 2 atom stereocenters. The van der Waals surface area contributed by atoms with E-state index in [2.05, 4.69) is 55.6 Å². The summed E-state index contributed by atoms with van der Waals surface area (Å²) in [6, 6.07) is -0.553. The van der Waals surface area contributed by atoms with Crippen LogP contribution in [0.5, 0.6) is 0 Å². The fraction of sp³-hybridized carbons (Fsp3) is 0.862. The van der Waals surface area contributed by atoms with E-state index >= 15 is 0 Å². The van der Waals surface area contributed by atoms with Gasteiger partial charge in [0.25, 0.3) is 0 Å². The Balaban J connectivity index is 3.47. The number of rotatable bonds is 52. The lowest BCUT2D eigenvalue weighted by Crippen LogP contribution is -2.45. The predicted molar refractivity (Wildman–Crippen MR) is 278 cm³/mol. The Labute approximate surface area is 398 Å². The van der Waals surface area contributed by atoms with Crippen LogP contribution in [0.25, 0.3) is 0 Å². The van der Waals surface area contributed by atoms with Crippen molar-refractivity contribution in [2.24, 2.45) is 0 Å². The number of nitrogens with one attached hydrogen (secondary N) is 1. The second-order valence-corrected chi connectivity index (χ2v) is 19.3. The van der Waals surface area contributed by atoms with Gasteiger partial charge in [-0.3, -0.25) is 9.59 Å². The number of unbranched alkanes of at least 4 members (excludes halogenated alkanes) is 35. The highest BCUT2D eigenvalue weighted by molar-refractivity contribution is 5.76. The molecule has 0 radical (unpaired) electrons. The first kappa shape index (κ1) is 62.1. The highest BCUT2D eigenvalue weighted by atomic mass is 16.5. The summed E-state index contributed by atoms with van der Waals surface area (Å²) in [5, 5.41) is 23.1. The molecule has 0 heterocycles. The smallest absolute Gasteiger partial charge is 0.305 e. The second-order valence-electron chi connectivity index (χ2n) is 19.3. The molecular weight excluding hydrogens is 791 g/mol. The summed E-state index contributed by atoms with van der Waals surface area (Å²) in [5.74, 6) is -0.0688. The summed E-state index contributed by atoms with van der Waals surface area (Å²) in [6.07, 6.45) is 65.6. The maximum atomic E-state index is 12.4. The van der Waals surface area contributed by atoms with Crippen LogP contribution in [0.3, 0.4) is 0 Å². The number of aliphatic hydroxyl groups excluding tert-OH is 2. The summed E-state index contributed by atoms with van der Waals surface area (Å²) in [5.41, 5.74) is 0. The Morgan fingerprint density at radius 2 is 0.781 bits per heavy atom. The van der Waals surface area contributed by atoms with Gasteiger partial charge < -0.3 is 20.3 Å². The van der Waals surface area contributed by atoms with Gasteiger partial charge in [-0.05, 0) is 89.9 Å². The molecule has 6 heteroatoms. The number of amides is 1. The zero-order chi connectivity index (χ0) is 46.5. The second kappa shape index (κ2) is 53.7. The standard InChI is InChI=1S/C58H109NO5/c1-3-5-7-9-11-13-15-16-17-18-19-22-25-28-32-36-40-44-48-52-58(63)64-53-49-45-41-37-33-29-26-23-20-21-24-27-31-35-39-43-47-51-57(62)59-55(54-60)56(61)50-46-42-38-34-30-14-12-10-8-6-4-2/h16-17,20,23,29,33,55-56,60-61H,3-15,18-19,21-22,24-28,30-32,34-54H2,1-2H3,(H,59,62)/b17-16-,23-20-,33-29-. The summed E-state index contributed by atoms with van der Waals surface area (Å²) in [6.45, 7) is 4.90. The van der Waals surface area contributed by atoms with Crippen LogP contribution in [0, 0.1) is 0 Å². The van der Waals surface area contributed by atoms with Gasteiger partial charge in [0, 0.05) is 12.8 Å². The van der Waals surface area contributed by atoms with Crippen LogP contribution in [-0.2, 0) is 14.3 Å². The lowest BCUT2D eigenvalue weighted by atomic mass is 10.0. The minimum Gasteiger partial charge on any atom is -0.466 e. The maximum Gasteiger partial charge on any atom is 0.305 e. The van der Waals surface area contributed by atoms with Gasteiger partial charge in [-0.1, -0.05) is 230 Å². The first-order valence-corrected chi connectivity index (χ1v) is 28.2. The first-order valence-electron chi connectivity index (χ1n) is 28.2. The predicted octanol–water partition coefficient (Wildman–Crippen LogP) is 17.2. The molecule has 0 aliphatic heterocycles. The van der Waals surface area contributed by atoms with Gasteiger partial charge in [0.2, 0.25) is 5.91 Å². The summed E-state index contributed by atoms with van der Waals surface area (Å²) in [7, 11) is 0. The third-order valence-corrected chi connectivity index (χ3v) is 12.9. The molecule has 0 saturated carbocycles. The van der Waals surface area contributed by atoms with Crippen LogP contribution >= 0.6 is 0 Å². The first-order chi connectivity index (χ1) is 31.5. The van der Waals surface area contributed by atoms with E-state index in [-0.39, 0.29) is 18.5 Å². The topological polar surface area (TPSA) is 95.9 Å². The Hall–Kier alpha value is -1.92. The third kappa shape index (κ3) is 49.5. The Kier molecular flexibility index (Phi) is 52.1. The zero-order valence-electron chi connectivity index (χ0n) is 42.8. The lowest BCUT2D eigenvalue weighted by Gasteiger charge is -2.22. The lowest BCUT2D eigenvalue weighted by molar-refractivity contribution is -0.143. The van der Waals surface area contributed by atoms with Gasteiger partial charge in [0.15, 0.2) is 0 Å². The molecule has 0 saturated heterocycles. The molecule has 0 rings (SSSR count). The number of hydrogen-bond acceptors (Lipinski definition) is 5. The molecule has 0 fully saturated rings. The molecule has 2 unspecified atom stereocenters. The van der Waals surface area contributed by atoms with Crippen LogP contribution in [0.15, 0.2) is 36.5 Å². The van der Waals surface area contributed by atoms with Crippen molar-refractivity contribution in [3.8, 4) is 0 Å². The van der Waals surface area contributed by atoms with E-state index in [1.54, 1.807) is 0 Å². The maximum absolute atomic E-state index is 12.4. The third-order valence-electron chi connectivity index (χ3n) is 12.9. The highest BCUT2D eigenvalue weighted by Crippen LogP contribution is 2.16. The molecule has 0 aromatic carbocycles. The minimum atomic E-state index is -0.674. The van der Waals surface area contributed by atoms with Gasteiger partial charge in [-0.15, -0.1) is 0 Å². The SMILES string of the molecule is CCCCCCCC/C=C\CCCCCCCCCCCC(=O)OCCCCC/C=C\C/C=C\CCCCCCCCCC(=O)NC(CO)C(O)CCCCCCCCCCCCC. The fourth-order valence-electron chi connectivity index (χ4n) is 8.55. The van der Waals surface area contributed by atoms with E-state index in [0.717, 1.165) is 83.5 Å². The molecule has 1 amide bonds. The molecule has 376 valence electrons. The van der Waals surface area contributed by atoms with Crippen LogP contribution < -0.4 is 5.32 Å². The molecule has 0 bridgehead atoms. The molecule has 0 aromatic rings. The van der Waals surface area contributed by atoms with Crippen molar-refractivity contribution in [2.45, 2.75) is 309 Å². The van der Waals surface area contributed by atoms with Crippen molar-refractivity contribution < 1.29 is 24.5 Å². The quantitative estimate of drug-likeness (QED) is 0.0321.